The largest absolute Gasteiger partial charge is 0.444 e. The summed E-state index contributed by atoms with van der Waals surface area (Å²) in [6.07, 6.45) is 3.40. The number of hydrogen-bond donors (Lipinski definition) is 3. The quantitative estimate of drug-likeness (QED) is 0.260. The number of pyridine rings is 1. The third-order valence-corrected chi connectivity index (χ3v) is 6.11. The van der Waals surface area contributed by atoms with Gasteiger partial charge in [0.15, 0.2) is 0 Å². The molecule has 208 valence electrons. The van der Waals surface area contributed by atoms with Crippen molar-refractivity contribution in [3.05, 3.63) is 107 Å². The molecular formula is C31H36N6O3. The van der Waals surface area contributed by atoms with Crippen molar-refractivity contribution in [3.8, 4) is 11.3 Å². The maximum atomic E-state index is 13.6. The number of ether oxygens (including phenoxy) is 1. The summed E-state index contributed by atoms with van der Waals surface area (Å²) in [5.74, 6) is 0.381. The van der Waals surface area contributed by atoms with E-state index in [1.165, 1.54) is 4.57 Å². The van der Waals surface area contributed by atoms with Gasteiger partial charge < -0.3 is 20.7 Å². The van der Waals surface area contributed by atoms with Crippen molar-refractivity contribution in [2.45, 2.75) is 45.4 Å². The molecule has 0 unspecified atom stereocenters. The SMILES string of the molecule is Cn1c(NC[C@H](Cc2ccccc2)NC(=O)OC(C)(C)C)nc(-c2ccncc2)c(NCc2ccccc2)c1=O. The molecule has 4 aromatic rings. The molecule has 1 amide bonds. The highest BCUT2D eigenvalue weighted by Crippen LogP contribution is 2.25. The minimum atomic E-state index is -0.623. The predicted molar refractivity (Wildman–Crippen MR) is 158 cm³/mol. The number of rotatable bonds is 10. The van der Waals surface area contributed by atoms with Gasteiger partial charge >= 0.3 is 6.09 Å². The zero-order valence-electron chi connectivity index (χ0n) is 23.3. The maximum absolute atomic E-state index is 13.6. The van der Waals surface area contributed by atoms with Crippen LogP contribution in [0, 0.1) is 0 Å². The van der Waals surface area contributed by atoms with Crippen molar-refractivity contribution in [1.82, 2.24) is 19.9 Å². The van der Waals surface area contributed by atoms with Gasteiger partial charge in [-0.25, -0.2) is 9.78 Å². The lowest BCUT2D eigenvalue weighted by Crippen LogP contribution is -2.44. The van der Waals surface area contributed by atoms with Gasteiger partial charge in [-0.05, 0) is 50.5 Å². The molecule has 2 aromatic heterocycles. The molecule has 0 radical (unpaired) electrons. The summed E-state index contributed by atoms with van der Waals surface area (Å²) in [7, 11) is 1.68. The van der Waals surface area contributed by atoms with Gasteiger partial charge in [0, 0.05) is 38.1 Å². The van der Waals surface area contributed by atoms with E-state index in [0.29, 0.717) is 36.8 Å². The normalized spacial score (nSPS) is 11.9. The second-order valence-corrected chi connectivity index (χ2v) is 10.5. The number of benzene rings is 2. The number of carbonyl (C=O) groups excluding carboxylic acids is 1. The van der Waals surface area contributed by atoms with Crippen LogP contribution in [0.5, 0.6) is 0 Å². The summed E-state index contributed by atoms with van der Waals surface area (Å²) in [6, 6.07) is 23.1. The van der Waals surface area contributed by atoms with E-state index in [4.69, 9.17) is 9.72 Å². The van der Waals surface area contributed by atoms with Crippen molar-refractivity contribution >= 4 is 17.7 Å². The zero-order valence-corrected chi connectivity index (χ0v) is 23.3. The minimum Gasteiger partial charge on any atom is -0.444 e. The lowest BCUT2D eigenvalue weighted by molar-refractivity contribution is 0.0507. The Hall–Kier alpha value is -4.66. The number of amides is 1. The minimum absolute atomic E-state index is 0.222. The molecule has 1 atom stereocenters. The van der Waals surface area contributed by atoms with E-state index in [2.05, 4.69) is 20.9 Å². The van der Waals surface area contributed by atoms with Crippen LogP contribution in [0.25, 0.3) is 11.3 Å². The molecular weight excluding hydrogens is 504 g/mol. The van der Waals surface area contributed by atoms with Gasteiger partial charge in [0.1, 0.15) is 17.0 Å². The van der Waals surface area contributed by atoms with E-state index in [0.717, 1.165) is 16.7 Å². The molecule has 40 heavy (non-hydrogen) atoms. The summed E-state index contributed by atoms with van der Waals surface area (Å²) >= 11 is 0. The molecule has 9 nitrogen and oxygen atoms in total. The summed E-state index contributed by atoms with van der Waals surface area (Å²) in [5.41, 5.74) is 2.94. The highest BCUT2D eigenvalue weighted by atomic mass is 16.6. The molecule has 3 N–H and O–H groups in total. The summed E-state index contributed by atoms with van der Waals surface area (Å²) in [4.78, 5) is 35.2. The molecule has 9 heteroatoms. The van der Waals surface area contributed by atoms with Gasteiger partial charge in [-0.3, -0.25) is 14.3 Å². The van der Waals surface area contributed by atoms with E-state index in [-0.39, 0.29) is 11.6 Å². The van der Waals surface area contributed by atoms with E-state index < -0.39 is 11.7 Å². The fraction of sp³-hybridized carbons (Fsp3) is 0.290. The molecule has 2 aromatic carbocycles. The van der Waals surface area contributed by atoms with Crippen LogP contribution in [0.2, 0.25) is 0 Å². The first-order chi connectivity index (χ1) is 19.2. The number of anilines is 2. The van der Waals surface area contributed by atoms with Gasteiger partial charge in [-0.15, -0.1) is 0 Å². The molecule has 0 fully saturated rings. The first-order valence-corrected chi connectivity index (χ1v) is 13.3. The molecule has 0 bridgehead atoms. The highest BCUT2D eigenvalue weighted by Gasteiger charge is 2.21. The lowest BCUT2D eigenvalue weighted by Gasteiger charge is -2.24. The van der Waals surface area contributed by atoms with Crippen molar-refractivity contribution in [2.24, 2.45) is 7.05 Å². The highest BCUT2D eigenvalue weighted by molar-refractivity contribution is 5.74. The molecule has 0 aliphatic carbocycles. The fourth-order valence-electron chi connectivity index (χ4n) is 4.19. The number of nitrogens with zero attached hydrogens (tertiary/aromatic N) is 3. The smallest absolute Gasteiger partial charge is 0.407 e. The van der Waals surface area contributed by atoms with Gasteiger partial charge in [0.2, 0.25) is 5.95 Å². The third-order valence-electron chi connectivity index (χ3n) is 6.11. The zero-order chi connectivity index (χ0) is 28.5. The van der Waals surface area contributed by atoms with E-state index in [9.17, 15) is 9.59 Å². The Morgan fingerprint density at radius 2 is 1.55 bits per heavy atom. The van der Waals surface area contributed by atoms with Gasteiger partial charge in [0.05, 0.1) is 6.04 Å². The van der Waals surface area contributed by atoms with Crippen molar-refractivity contribution in [3.63, 3.8) is 0 Å². The van der Waals surface area contributed by atoms with Gasteiger partial charge in [-0.1, -0.05) is 60.7 Å². The molecule has 0 aliphatic heterocycles. The molecule has 4 rings (SSSR count). The number of hydrogen-bond acceptors (Lipinski definition) is 7. The van der Waals surface area contributed by atoms with Crippen LogP contribution in [0.4, 0.5) is 16.4 Å². The Morgan fingerprint density at radius 3 is 2.17 bits per heavy atom. The first-order valence-electron chi connectivity index (χ1n) is 13.3. The molecule has 0 saturated carbocycles. The van der Waals surface area contributed by atoms with Crippen LogP contribution in [-0.4, -0.2) is 38.8 Å². The second-order valence-electron chi connectivity index (χ2n) is 10.5. The van der Waals surface area contributed by atoms with Crippen LogP contribution in [0.3, 0.4) is 0 Å². The van der Waals surface area contributed by atoms with Crippen LogP contribution < -0.4 is 21.5 Å². The number of aromatic nitrogens is 3. The Bertz CT molecular complexity index is 1450. The summed E-state index contributed by atoms with van der Waals surface area (Å²) < 4.78 is 6.97. The van der Waals surface area contributed by atoms with E-state index >= 15 is 0 Å². The van der Waals surface area contributed by atoms with Gasteiger partial charge in [0.25, 0.3) is 5.56 Å². The molecule has 0 aliphatic rings. The molecule has 0 saturated heterocycles. The van der Waals surface area contributed by atoms with Crippen molar-refractivity contribution in [1.29, 1.82) is 0 Å². The Morgan fingerprint density at radius 1 is 0.925 bits per heavy atom. The number of carbonyl (C=O) groups is 1. The monoisotopic (exact) mass is 540 g/mol. The molecule has 2 heterocycles. The summed E-state index contributed by atoms with van der Waals surface area (Å²) in [5, 5.41) is 9.55. The van der Waals surface area contributed by atoms with E-state index in [1.807, 2.05) is 93.6 Å². The maximum Gasteiger partial charge on any atom is 0.407 e. The van der Waals surface area contributed by atoms with Crippen LogP contribution in [0.1, 0.15) is 31.9 Å². The lowest BCUT2D eigenvalue weighted by atomic mass is 10.1. The van der Waals surface area contributed by atoms with Crippen LogP contribution >= 0.6 is 0 Å². The Labute approximate surface area is 234 Å². The average molecular weight is 541 g/mol. The average Bonchev–Trinajstić information content (AvgIpc) is 2.93. The van der Waals surface area contributed by atoms with Crippen molar-refractivity contribution in [2.75, 3.05) is 17.2 Å². The van der Waals surface area contributed by atoms with Crippen LogP contribution in [-0.2, 0) is 24.8 Å². The Kier molecular flexibility index (Phi) is 9.16. The third kappa shape index (κ3) is 7.92. The van der Waals surface area contributed by atoms with Crippen LogP contribution in [0.15, 0.2) is 90.0 Å². The Balaban J connectivity index is 1.61. The van der Waals surface area contributed by atoms with Gasteiger partial charge in [-0.2, -0.15) is 0 Å². The fourth-order valence-corrected chi connectivity index (χ4v) is 4.19. The number of nitrogens with one attached hydrogen (secondary N) is 3. The first kappa shape index (κ1) is 28.4. The number of alkyl carbamates (subject to hydrolysis) is 1. The van der Waals surface area contributed by atoms with Crippen molar-refractivity contribution < 1.29 is 9.53 Å². The summed E-state index contributed by atoms with van der Waals surface area (Å²) in [6.45, 7) is 6.27. The standard InChI is InChI=1S/C31H36N6O3/c1-31(2,3)40-30(39)35-25(19-22-11-7-5-8-12-22)21-34-29-36-26(24-15-17-32-18-16-24)27(28(38)37(29)4)33-20-23-13-9-6-10-14-23/h5-18,25,33H,19-21H2,1-4H3,(H,34,36)(H,35,39)/t25-/m0/s1. The second kappa shape index (κ2) is 12.9. The predicted octanol–water partition coefficient (Wildman–Crippen LogP) is 5.00. The molecule has 0 spiro atoms. The van der Waals surface area contributed by atoms with E-state index in [1.54, 1.807) is 19.4 Å². The topological polar surface area (TPSA) is 110 Å².